The highest BCUT2D eigenvalue weighted by Crippen LogP contribution is 2.48. The smallest absolute Gasteiger partial charge is 0.190 e. The lowest BCUT2D eigenvalue weighted by Crippen LogP contribution is -2.30. The predicted octanol–water partition coefficient (Wildman–Crippen LogP) is 7.88. The molecule has 2 aromatic carbocycles. The minimum Gasteiger partial charge on any atom is -0.491 e. The van der Waals surface area contributed by atoms with Gasteiger partial charge in [-0.2, -0.15) is 0 Å². The molecule has 4 atom stereocenters. The fraction of sp³-hybridized carbons (Fsp3) is 0.538. The molecular formula is C26H31F3O. The third kappa shape index (κ3) is 4.24. The van der Waals surface area contributed by atoms with E-state index in [0.717, 1.165) is 48.3 Å². The molecule has 2 fully saturated rings. The molecule has 0 heterocycles. The van der Waals surface area contributed by atoms with Crippen LogP contribution in [0.5, 0.6) is 5.75 Å². The molecule has 2 aromatic rings. The second-order valence-corrected chi connectivity index (χ2v) is 9.21. The molecule has 2 saturated carbocycles. The molecule has 4 rings (SSSR count). The Morgan fingerprint density at radius 1 is 0.867 bits per heavy atom. The average molecular weight is 417 g/mol. The Hall–Kier alpha value is -1.97. The van der Waals surface area contributed by atoms with Gasteiger partial charge in [-0.15, -0.1) is 0 Å². The zero-order valence-electron chi connectivity index (χ0n) is 17.9. The van der Waals surface area contributed by atoms with Gasteiger partial charge in [0.2, 0.25) is 0 Å². The van der Waals surface area contributed by atoms with E-state index in [9.17, 15) is 13.2 Å². The van der Waals surface area contributed by atoms with Crippen LogP contribution in [0.25, 0.3) is 11.1 Å². The molecule has 162 valence electrons. The first-order valence-corrected chi connectivity index (χ1v) is 11.3. The van der Waals surface area contributed by atoms with Gasteiger partial charge < -0.3 is 4.74 Å². The Labute approximate surface area is 177 Å². The zero-order chi connectivity index (χ0) is 21.3. The molecule has 2 aliphatic carbocycles. The first kappa shape index (κ1) is 21.3. The molecule has 4 heteroatoms. The number of fused-ring (bicyclic) bond motifs is 1. The summed E-state index contributed by atoms with van der Waals surface area (Å²) in [5.74, 6) is 0.342. The topological polar surface area (TPSA) is 9.23 Å². The van der Waals surface area contributed by atoms with E-state index in [2.05, 4.69) is 6.92 Å². The molecule has 0 spiro atoms. The van der Waals surface area contributed by atoms with Crippen molar-refractivity contribution >= 4 is 0 Å². The molecular weight excluding hydrogens is 385 g/mol. The Balaban J connectivity index is 1.49. The van der Waals surface area contributed by atoms with Crippen molar-refractivity contribution in [2.75, 3.05) is 7.11 Å². The second kappa shape index (κ2) is 9.03. The Kier molecular flexibility index (Phi) is 6.40. The van der Waals surface area contributed by atoms with E-state index in [1.54, 1.807) is 12.1 Å². The van der Waals surface area contributed by atoms with Gasteiger partial charge >= 0.3 is 0 Å². The fourth-order valence-electron chi connectivity index (χ4n) is 5.89. The summed E-state index contributed by atoms with van der Waals surface area (Å²) in [4.78, 5) is 0. The van der Waals surface area contributed by atoms with E-state index >= 15 is 0 Å². The third-order valence-electron chi connectivity index (χ3n) is 7.40. The highest BCUT2D eigenvalue weighted by Gasteiger charge is 2.35. The molecule has 0 amide bonds. The molecule has 0 aromatic heterocycles. The number of hydrogen-bond acceptors (Lipinski definition) is 1. The Bertz CT molecular complexity index is 871. The van der Waals surface area contributed by atoms with Crippen LogP contribution in [0.1, 0.15) is 69.8 Å². The van der Waals surface area contributed by atoms with Crippen molar-refractivity contribution < 1.29 is 17.9 Å². The van der Waals surface area contributed by atoms with E-state index in [1.165, 1.54) is 45.6 Å². The van der Waals surface area contributed by atoms with Crippen molar-refractivity contribution in [1.82, 2.24) is 0 Å². The SMILES string of the molecule is CCCC1CC[C@@H]2C[C@H](c3ccc(-c4cc(F)c(OC)c(F)c4)c(F)c3)CC[C@@H]2C1. The summed E-state index contributed by atoms with van der Waals surface area (Å²) in [7, 11) is 1.21. The third-order valence-corrected chi connectivity index (χ3v) is 7.40. The van der Waals surface area contributed by atoms with Gasteiger partial charge in [-0.05, 0) is 85.1 Å². The zero-order valence-corrected chi connectivity index (χ0v) is 17.9. The van der Waals surface area contributed by atoms with E-state index in [-0.39, 0.29) is 11.1 Å². The monoisotopic (exact) mass is 416 g/mol. The van der Waals surface area contributed by atoms with Gasteiger partial charge in [0, 0.05) is 5.56 Å². The maximum absolute atomic E-state index is 14.9. The van der Waals surface area contributed by atoms with Crippen LogP contribution in [0.4, 0.5) is 13.2 Å². The van der Waals surface area contributed by atoms with Gasteiger partial charge in [0.05, 0.1) is 7.11 Å². The minimum atomic E-state index is -0.826. The van der Waals surface area contributed by atoms with Crippen LogP contribution in [-0.4, -0.2) is 7.11 Å². The fourth-order valence-corrected chi connectivity index (χ4v) is 5.89. The summed E-state index contributed by atoms with van der Waals surface area (Å²) >= 11 is 0. The highest BCUT2D eigenvalue weighted by atomic mass is 19.1. The minimum absolute atomic E-state index is 0.188. The molecule has 0 bridgehead atoms. The summed E-state index contributed by atoms with van der Waals surface area (Å²) in [5, 5.41) is 0. The van der Waals surface area contributed by atoms with Crippen LogP contribution >= 0.6 is 0 Å². The number of halogens is 3. The van der Waals surface area contributed by atoms with Crippen LogP contribution in [-0.2, 0) is 0 Å². The van der Waals surface area contributed by atoms with Crippen molar-refractivity contribution in [2.24, 2.45) is 17.8 Å². The molecule has 30 heavy (non-hydrogen) atoms. The van der Waals surface area contributed by atoms with Gasteiger partial charge in [0.1, 0.15) is 5.82 Å². The van der Waals surface area contributed by atoms with E-state index < -0.39 is 23.2 Å². The Morgan fingerprint density at radius 3 is 2.23 bits per heavy atom. The van der Waals surface area contributed by atoms with Crippen LogP contribution < -0.4 is 4.74 Å². The van der Waals surface area contributed by atoms with Crippen molar-refractivity contribution in [3.05, 3.63) is 53.3 Å². The van der Waals surface area contributed by atoms with Crippen molar-refractivity contribution in [3.63, 3.8) is 0 Å². The maximum Gasteiger partial charge on any atom is 0.190 e. The van der Waals surface area contributed by atoms with Gasteiger partial charge in [-0.1, -0.05) is 38.3 Å². The first-order valence-electron chi connectivity index (χ1n) is 11.3. The van der Waals surface area contributed by atoms with Crippen molar-refractivity contribution in [3.8, 4) is 16.9 Å². The lowest BCUT2D eigenvalue weighted by atomic mass is 9.63. The summed E-state index contributed by atoms with van der Waals surface area (Å²) < 4.78 is 47.7. The normalized spacial score (nSPS) is 26.3. The first-order chi connectivity index (χ1) is 14.5. The lowest BCUT2D eigenvalue weighted by molar-refractivity contribution is 0.114. The molecule has 1 unspecified atom stereocenters. The summed E-state index contributed by atoms with van der Waals surface area (Å²) in [6.45, 7) is 2.27. The number of benzene rings is 2. The molecule has 1 nitrogen and oxygen atoms in total. The largest absolute Gasteiger partial charge is 0.491 e. The number of methoxy groups -OCH3 is 1. The average Bonchev–Trinajstić information content (AvgIpc) is 2.73. The lowest BCUT2D eigenvalue weighted by Gasteiger charge is -2.42. The van der Waals surface area contributed by atoms with Gasteiger partial charge in [0.25, 0.3) is 0 Å². The van der Waals surface area contributed by atoms with Crippen molar-refractivity contribution in [2.45, 2.75) is 64.2 Å². The summed E-state index contributed by atoms with van der Waals surface area (Å²) in [6.07, 6.45) is 10.1. The van der Waals surface area contributed by atoms with Gasteiger partial charge in [-0.3, -0.25) is 0 Å². The van der Waals surface area contributed by atoms with Crippen LogP contribution in [0.2, 0.25) is 0 Å². The highest BCUT2D eigenvalue weighted by molar-refractivity contribution is 5.66. The standard InChI is InChI=1S/C26H31F3O/c1-3-4-16-5-6-18-12-19(8-7-17(18)11-16)20-9-10-22(23(27)13-20)21-14-24(28)26(30-2)25(29)15-21/h9-10,13-19H,3-8,11-12H2,1-2H3/t16?,17-,18-,19-/m1/s1. The number of rotatable bonds is 5. The summed E-state index contributed by atoms with van der Waals surface area (Å²) in [6, 6.07) is 7.42. The quantitative estimate of drug-likeness (QED) is 0.482. The van der Waals surface area contributed by atoms with Gasteiger partial charge in [-0.25, -0.2) is 13.2 Å². The second-order valence-electron chi connectivity index (χ2n) is 9.21. The molecule has 0 radical (unpaired) electrons. The van der Waals surface area contributed by atoms with E-state index in [1.807, 2.05) is 6.07 Å². The van der Waals surface area contributed by atoms with E-state index in [0.29, 0.717) is 5.92 Å². The number of hydrogen-bond donors (Lipinski definition) is 0. The molecule has 0 saturated heterocycles. The molecule has 0 N–H and O–H groups in total. The van der Waals surface area contributed by atoms with Crippen LogP contribution in [0.15, 0.2) is 30.3 Å². The molecule has 2 aliphatic rings. The predicted molar refractivity (Wildman–Crippen MR) is 114 cm³/mol. The number of ether oxygens (including phenoxy) is 1. The van der Waals surface area contributed by atoms with Crippen LogP contribution in [0.3, 0.4) is 0 Å². The van der Waals surface area contributed by atoms with Crippen molar-refractivity contribution in [1.29, 1.82) is 0 Å². The maximum atomic E-state index is 14.9. The summed E-state index contributed by atoms with van der Waals surface area (Å²) in [5.41, 5.74) is 1.42. The molecule has 0 aliphatic heterocycles. The van der Waals surface area contributed by atoms with E-state index in [4.69, 9.17) is 4.74 Å². The Morgan fingerprint density at radius 2 is 1.57 bits per heavy atom. The van der Waals surface area contributed by atoms with Gasteiger partial charge in [0.15, 0.2) is 17.4 Å². The van der Waals surface area contributed by atoms with Crippen LogP contribution in [0, 0.1) is 35.2 Å².